The van der Waals surface area contributed by atoms with Crippen LogP contribution >= 0.6 is 0 Å². The topological polar surface area (TPSA) is 93.8 Å². The number of aromatic nitrogens is 3. The summed E-state index contributed by atoms with van der Waals surface area (Å²) in [6.45, 7) is 5.85. The van der Waals surface area contributed by atoms with E-state index in [0.717, 1.165) is 47.1 Å². The van der Waals surface area contributed by atoms with E-state index in [-0.39, 0.29) is 17.4 Å². The lowest BCUT2D eigenvalue weighted by atomic mass is 9.86. The Balaban J connectivity index is 1.07. The van der Waals surface area contributed by atoms with Crippen molar-refractivity contribution in [1.82, 2.24) is 19.2 Å². The number of nitrogens with zero attached hydrogens (tertiary/aromatic N) is 5. The zero-order valence-corrected chi connectivity index (χ0v) is 26.6. The molecule has 1 saturated heterocycles. The normalized spacial score (nSPS) is 22.1. The lowest BCUT2D eigenvalue weighted by Gasteiger charge is -2.21. The molecule has 3 aromatic rings. The van der Waals surface area contributed by atoms with Gasteiger partial charge in [0.2, 0.25) is 0 Å². The quantitative estimate of drug-likeness (QED) is 0.315. The number of carbonyl (C=O) groups is 1. The monoisotopic (exact) mass is 608 g/mol. The van der Waals surface area contributed by atoms with E-state index in [0.29, 0.717) is 36.4 Å². The number of fused-ring (bicyclic) bond motifs is 2. The molecular weight excluding hydrogens is 564 g/mol. The molecule has 236 valence electrons. The van der Waals surface area contributed by atoms with Crippen molar-refractivity contribution in [1.29, 1.82) is 0 Å². The molecular formula is C36H44N6O3. The zero-order valence-electron chi connectivity index (χ0n) is 26.6. The number of hydrogen-bond donors (Lipinski definition) is 1. The molecule has 1 aliphatic carbocycles. The lowest BCUT2D eigenvalue weighted by Crippen LogP contribution is -2.22. The van der Waals surface area contributed by atoms with Crippen molar-refractivity contribution in [3.05, 3.63) is 94.4 Å². The molecule has 2 aliphatic heterocycles. The predicted octanol–water partition coefficient (Wildman–Crippen LogP) is 5.69. The SMILES string of the molecule is CC1CCN(C)CCC1CCCOC1=CC2=NC=C(C(=O)Nc3cccc4c3cnn4Cc3cccn(C)c3=O)CCC2C=C1. The smallest absolute Gasteiger partial charge is 0.255 e. The van der Waals surface area contributed by atoms with Gasteiger partial charge in [-0.2, -0.15) is 5.10 Å². The van der Waals surface area contributed by atoms with Crippen molar-refractivity contribution in [2.45, 2.75) is 52.0 Å². The Morgan fingerprint density at radius 2 is 1.98 bits per heavy atom. The average molecular weight is 609 g/mol. The van der Waals surface area contributed by atoms with E-state index >= 15 is 0 Å². The first-order valence-corrected chi connectivity index (χ1v) is 16.2. The van der Waals surface area contributed by atoms with E-state index in [4.69, 9.17) is 9.73 Å². The van der Waals surface area contributed by atoms with E-state index in [1.54, 1.807) is 34.9 Å². The molecule has 0 saturated carbocycles. The fourth-order valence-electron chi connectivity index (χ4n) is 6.66. The lowest BCUT2D eigenvalue weighted by molar-refractivity contribution is -0.113. The Labute approximate surface area is 265 Å². The summed E-state index contributed by atoms with van der Waals surface area (Å²) in [4.78, 5) is 33.1. The number of benzene rings is 1. The van der Waals surface area contributed by atoms with Crippen LogP contribution in [0, 0.1) is 17.8 Å². The Hall–Kier alpha value is -4.24. The van der Waals surface area contributed by atoms with Crippen LogP contribution in [0.5, 0.6) is 0 Å². The molecule has 9 nitrogen and oxygen atoms in total. The Morgan fingerprint density at radius 1 is 1.11 bits per heavy atom. The van der Waals surface area contributed by atoms with Crippen LogP contribution in [0.3, 0.4) is 0 Å². The number of ether oxygens (including phenoxy) is 1. The predicted molar refractivity (Wildman–Crippen MR) is 179 cm³/mol. The molecule has 0 spiro atoms. The van der Waals surface area contributed by atoms with Crippen molar-refractivity contribution in [3.63, 3.8) is 0 Å². The maximum atomic E-state index is 13.4. The highest BCUT2D eigenvalue weighted by molar-refractivity contribution is 6.09. The van der Waals surface area contributed by atoms with Crippen LogP contribution in [0.4, 0.5) is 5.69 Å². The second kappa shape index (κ2) is 13.8. The maximum absolute atomic E-state index is 13.4. The molecule has 2 aromatic heterocycles. The van der Waals surface area contributed by atoms with Crippen LogP contribution in [0.1, 0.15) is 51.0 Å². The van der Waals surface area contributed by atoms with Gasteiger partial charge < -0.3 is 19.5 Å². The number of rotatable bonds is 9. The van der Waals surface area contributed by atoms with Gasteiger partial charge in [-0.1, -0.05) is 25.1 Å². The van der Waals surface area contributed by atoms with Gasteiger partial charge in [-0.15, -0.1) is 0 Å². The van der Waals surface area contributed by atoms with Crippen LogP contribution in [0.2, 0.25) is 0 Å². The second-order valence-electron chi connectivity index (χ2n) is 12.8. The molecule has 0 bridgehead atoms. The van der Waals surface area contributed by atoms with Crippen molar-refractivity contribution in [2.75, 3.05) is 32.1 Å². The summed E-state index contributed by atoms with van der Waals surface area (Å²) in [5.41, 5.74) is 3.70. The van der Waals surface area contributed by atoms with E-state index in [9.17, 15) is 9.59 Å². The van der Waals surface area contributed by atoms with Gasteiger partial charge in [-0.05, 0) is 94.8 Å². The Morgan fingerprint density at radius 3 is 2.87 bits per heavy atom. The molecule has 45 heavy (non-hydrogen) atoms. The standard InChI is InChI=1S/C36H44N6O3/c1-25-15-18-40(2)19-16-26(25)8-6-20-45-30-14-13-27-11-12-28(22-37-33(27)21-30)35(43)39-32-9-4-10-34-31(32)23-38-42(34)24-29-7-5-17-41(3)36(29)44/h4-5,7,9-10,13-14,17,21-23,25-27H,6,8,11-12,15-16,18-20,24H2,1-3H3,(H,39,43). The van der Waals surface area contributed by atoms with Gasteiger partial charge in [0.25, 0.3) is 11.5 Å². The first kappa shape index (κ1) is 30.8. The molecule has 1 amide bonds. The minimum Gasteiger partial charge on any atom is -0.494 e. The van der Waals surface area contributed by atoms with E-state index < -0.39 is 0 Å². The number of anilines is 1. The minimum atomic E-state index is -0.168. The number of aliphatic imine (C=N–C) groups is 1. The number of allylic oxidation sites excluding steroid dienone is 3. The molecule has 3 atom stereocenters. The summed E-state index contributed by atoms with van der Waals surface area (Å²) in [6, 6.07) is 9.38. The molecule has 1 N–H and O–H groups in total. The summed E-state index contributed by atoms with van der Waals surface area (Å²) in [7, 11) is 3.96. The van der Waals surface area contributed by atoms with Gasteiger partial charge in [-0.25, -0.2) is 0 Å². The van der Waals surface area contributed by atoms with Gasteiger partial charge in [0.05, 0.1) is 36.3 Å². The van der Waals surface area contributed by atoms with Gasteiger partial charge in [0, 0.05) is 48.0 Å². The van der Waals surface area contributed by atoms with Crippen LogP contribution in [-0.4, -0.2) is 57.6 Å². The molecule has 1 aromatic carbocycles. The first-order chi connectivity index (χ1) is 21.9. The molecule has 1 fully saturated rings. The van der Waals surface area contributed by atoms with Crippen LogP contribution < -0.4 is 10.9 Å². The fraction of sp³-hybridized carbons (Fsp3) is 0.444. The van der Waals surface area contributed by atoms with Gasteiger partial charge in [0.15, 0.2) is 0 Å². The van der Waals surface area contributed by atoms with Gasteiger partial charge in [0.1, 0.15) is 5.76 Å². The number of amides is 1. The van der Waals surface area contributed by atoms with Crippen molar-refractivity contribution in [2.24, 2.45) is 29.8 Å². The van der Waals surface area contributed by atoms with E-state index in [1.165, 1.54) is 32.4 Å². The zero-order chi connectivity index (χ0) is 31.3. The van der Waals surface area contributed by atoms with Gasteiger partial charge >= 0.3 is 0 Å². The number of likely N-dealkylation sites (tertiary alicyclic amines) is 1. The maximum Gasteiger partial charge on any atom is 0.255 e. The summed E-state index contributed by atoms with van der Waals surface area (Å²) >= 11 is 0. The second-order valence-corrected chi connectivity index (χ2v) is 12.8. The van der Waals surface area contributed by atoms with Gasteiger partial charge in [-0.3, -0.25) is 19.3 Å². The summed E-state index contributed by atoms with van der Waals surface area (Å²) in [5, 5.41) is 8.43. The van der Waals surface area contributed by atoms with Crippen molar-refractivity contribution < 1.29 is 9.53 Å². The number of hydrogen-bond acceptors (Lipinski definition) is 6. The number of nitrogens with one attached hydrogen (secondary N) is 1. The molecule has 3 unspecified atom stereocenters. The third kappa shape index (κ3) is 7.20. The highest BCUT2D eigenvalue weighted by Crippen LogP contribution is 2.29. The molecule has 0 radical (unpaired) electrons. The molecule has 3 aliphatic rings. The average Bonchev–Trinajstić information content (AvgIpc) is 3.22. The third-order valence-corrected chi connectivity index (χ3v) is 9.65. The molecule has 6 rings (SSSR count). The highest BCUT2D eigenvalue weighted by Gasteiger charge is 2.24. The number of carbonyl (C=O) groups excluding carboxylic acids is 1. The molecule has 9 heteroatoms. The van der Waals surface area contributed by atoms with Crippen LogP contribution in [-0.2, 0) is 23.1 Å². The van der Waals surface area contributed by atoms with E-state index in [2.05, 4.69) is 41.4 Å². The largest absolute Gasteiger partial charge is 0.494 e. The van der Waals surface area contributed by atoms with Crippen molar-refractivity contribution in [3.8, 4) is 0 Å². The highest BCUT2D eigenvalue weighted by atomic mass is 16.5. The summed E-state index contributed by atoms with van der Waals surface area (Å²) < 4.78 is 9.50. The third-order valence-electron chi connectivity index (χ3n) is 9.65. The summed E-state index contributed by atoms with van der Waals surface area (Å²) in [5.74, 6) is 2.38. The van der Waals surface area contributed by atoms with Crippen LogP contribution in [0.25, 0.3) is 10.9 Å². The number of pyridine rings is 1. The fourth-order valence-corrected chi connectivity index (χ4v) is 6.66. The number of aryl methyl sites for hydroxylation is 1. The summed E-state index contributed by atoms with van der Waals surface area (Å²) in [6.07, 6.45) is 17.7. The molecule has 4 heterocycles. The first-order valence-electron chi connectivity index (χ1n) is 16.2. The Bertz CT molecular complexity index is 1730. The van der Waals surface area contributed by atoms with Crippen molar-refractivity contribution >= 4 is 28.2 Å². The Kier molecular flexibility index (Phi) is 9.45. The van der Waals surface area contributed by atoms with E-state index in [1.807, 2.05) is 36.4 Å². The van der Waals surface area contributed by atoms with Crippen LogP contribution in [0.15, 0.2) is 88.3 Å². The minimum absolute atomic E-state index is 0.0514.